The van der Waals surface area contributed by atoms with E-state index in [4.69, 9.17) is 11.6 Å². The summed E-state index contributed by atoms with van der Waals surface area (Å²) in [7, 11) is 0. The highest BCUT2D eigenvalue weighted by Gasteiger charge is 2.25. The van der Waals surface area contributed by atoms with Crippen LogP contribution in [0.15, 0.2) is 48.5 Å². The van der Waals surface area contributed by atoms with Gasteiger partial charge in [-0.25, -0.2) is 0 Å². The molecule has 0 aromatic heterocycles. The van der Waals surface area contributed by atoms with Crippen molar-refractivity contribution in [3.8, 4) is 0 Å². The Kier molecular flexibility index (Phi) is 5.99. The second-order valence-corrected chi connectivity index (χ2v) is 6.45. The van der Waals surface area contributed by atoms with Crippen molar-refractivity contribution in [1.82, 2.24) is 5.32 Å². The van der Waals surface area contributed by atoms with Gasteiger partial charge >= 0.3 is 0 Å². The number of nitrogens with one attached hydrogen (secondary N) is 2. The third kappa shape index (κ3) is 4.59. The highest BCUT2D eigenvalue weighted by atomic mass is 35.5. The zero-order valence-corrected chi connectivity index (χ0v) is 14.7. The van der Waals surface area contributed by atoms with Crippen molar-refractivity contribution in [1.29, 1.82) is 0 Å². The Hall–Kier alpha value is -2.33. The van der Waals surface area contributed by atoms with Gasteiger partial charge in [-0.05, 0) is 42.7 Å². The summed E-state index contributed by atoms with van der Waals surface area (Å²) in [6, 6.07) is 13.6. The minimum atomic E-state index is -0.643. The van der Waals surface area contributed by atoms with E-state index in [9.17, 15) is 9.59 Å². The van der Waals surface area contributed by atoms with Gasteiger partial charge in [0.25, 0.3) is 5.91 Å². The average molecular weight is 345 g/mol. The van der Waals surface area contributed by atoms with Crippen LogP contribution in [0.2, 0.25) is 5.02 Å². The van der Waals surface area contributed by atoms with Crippen LogP contribution in [0.1, 0.15) is 29.8 Å². The number of rotatable bonds is 5. The van der Waals surface area contributed by atoms with Gasteiger partial charge in [0.2, 0.25) is 5.91 Å². The van der Waals surface area contributed by atoms with Gasteiger partial charge in [-0.15, -0.1) is 0 Å². The number of carbonyl (C=O) groups excluding carboxylic acids is 2. The molecule has 2 N–H and O–H groups in total. The zero-order valence-electron chi connectivity index (χ0n) is 14.0. The van der Waals surface area contributed by atoms with Crippen molar-refractivity contribution in [2.75, 3.05) is 5.32 Å². The van der Waals surface area contributed by atoms with E-state index in [2.05, 4.69) is 10.6 Å². The van der Waals surface area contributed by atoms with E-state index in [-0.39, 0.29) is 17.7 Å². The molecule has 24 heavy (non-hydrogen) atoms. The number of benzene rings is 2. The van der Waals surface area contributed by atoms with Crippen LogP contribution in [0.4, 0.5) is 5.69 Å². The van der Waals surface area contributed by atoms with Gasteiger partial charge in [0.1, 0.15) is 6.04 Å². The summed E-state index contributed by atoms with van der Waals surface area (Å²) in [6.07, 6.45) is 0. The normalized spacial score (nSPS) is 11.9. The molecule has 2 aromatic rings. The molecule has 1 atom stereocenters. The van der Waals surface area contributed by atoms with Crippen molar-refractivity contribution in [2.45, 2.75) is 26.8 Å². The summed E-state index contributed by atoms with van der Waals surface area (Å²) in [5.74, 6) is -0.584. The fourth-order valence-electron chi connectivity index (χ4n) is 2.37. The van der Waals surface area contributed by atoms with Crippen LogP contribution in [0, 0.1) is 12.8 Å². The summed E-state index contributed by atoms with van der Waals surface area (Å²) in [4.78, 5) is 25.0. The van der Waals surface area contributed by atoms with Gasteiger partial charge < -0.3 is 10.6 Å². The van der Waals surface area contributed by atoms with Crippen LogP contribution in [0.25, 0.3) is 0 Å². The van der Waals surface area contributed by atoms with Gasteiger partial charge in [0, 0.05) is 16.3 Å². The first-order chi connectivity index (χ1) is 11.4. The number of amides is 2. The lowest BCUT2D eigenvalue weighted by Crippen LogP contribution is -2.47. The standard InChI is InChI=1S/C19H21ClN2O2/c1-12(2)17(19(24)21-15-9-6-8-14(20)11-15)22-18(23)16-10-5-4-7-13(16)3/h4-12,17H,1-3H3,(H,21,24)(H,22,23)/t17-/m0/s1. The summed E-state index contributed by atoms with van der Waals surface area (Å²) < 4.78 is 0. The molecule has 0 aliphatic carbocycles. The zero-order chi connectivity index (χ0) is 17.7. The number of aryl methyl sites for hydroxylation is 1. The van der Waals surface area contributed by atoms with Gasteiger partial charge in [0.15, 0.2) is 0 Å². The van der Waals surface area contributed by atoms with Crippen LogP contribution in [-0.2, 0) is 4.79 Å². The molecular formula is C19H21ClN2O2. The second kappa shape index (κ2) is 7.97. The Morgan fingerprint density at radius 3 is 2.38 bits per heavy atom. The maximum atomic E-state index is 12.5. The smallest absolute Gasteiger partial charge is 0.252 e. The van der Waals surface area contributed by atoms with Crippen molar-refractivity contribution in [3.63, 3.8) is 0 Å². The van der Waals surface area contributed by atoms with E-state index in [0.717, 1.165) is 5.56 Å². The molecule has 126 valence electrons. The van der Waals surface area contributed by atoms with E-state index in [1.54, 1.807) is 36.4 Å². The Balaban J connectivity index is 2.13. The van der Waals surface area contributed by atoms with Crippen LogP contribution in [0.3, 0.4) is 0 Å². The molecule has 2 amide bonds. The Morgan fingerprint density at radius 2 is 1.75 bits per heavy atom. The van der Waals surface area contributed by atoms with E-state index in [1.807, 2.05) is 32.9 Å². The average Bonchev–Trinajstić information content (AvgIpc) is 2.52. The lowest BCUT2D eigenvalue weighted by molar-refractivity contribution is -0.118. The third-order valence-corrected chi connectivity index (χ3v) is 3.95. The molecule has 0 aliphatic rings. The predicted molar refractivity (Wildman–Crippen MR) is 97.4 cm³/mol. The Labute approximate surface area is 147 Å². The van der Waals surface area contributed by atoms with E-state index in [1.165, 1.54) is 0 Å². The molecule has 2 aromatic carbocycles. The SMILES string of the molecule is Cc1ccccc1C(=O)N[C@H](C(=O)Nc1cccc(Cl)c1)C(C)C. The summed E-state index contributed by atoms with van der Waals surface area (Å²) >= 11 is 5.93. The number of hydrogen-bond acceptors (Lipinski definition) is 2. The monoisotopic (exact) mass is 344 g/mol. The lowest BCUT2D eigenvalue weighted by atomic mass is 10.0. The Morgan fingerprint density at radius 1 is 1.04 bits per heavy atom. The minimum absolute atomic E-state index is 0.0582. The number of carbonyl (C=O) groups is 2. The molecular weight excluding hydrogens is 324 g/mol. The van der Waals surface area contributed by atoms with Gasteiger partial charge in [0.05, 0.1) is 0 Å². The molecule has 2 rings (SSSR count). The van der Waals surface area contributed by atoms with Crippen LogP contribution >= 0.6 is 11.6 Å². The topological polar surface area (TPSA) is 58.2 Å². The number of hydrogen-bond donors (Lipinski definition) is 2. The first-order valence-electron chi connectivity index (χ1n) is 7.81. The first-order valence-corrected chi connectivity index (χ1v) is 8.19. The molecule has 0 spiro atoms. The van der Waals surface area contributed by atoms with Crippen LogP contribution < -0.4 is 10.6 Å². The van der Waals surface area contributed by atoms with E-state index in [0.29, 0.717) is 16.3 Å². The van der Waals surface area contributed by atoms with Crippen LogP contribution in [0.5, 0.6) is 0 Å². The molecule has 0 bridgehead atoms. The molecule has 0 saturated carbocycles. The van der Waals surface area contributed by atoms with Crippen molar-refractivity contribution in [2.24, 2.45) is 5.92 Å². The predicted octanol–water partition coefficient (Wildman–Crippen LogP) is 4.04. The summed E-state index contributed by atoms with van der Waals surface area (Å²) in [5.41, 5.74) is 2.04. The molecule has 0 unspecified atom stereocenters. The van der Waals surface area contributed by atoms with Crippen molar-refractivity contribution >= 4 is 29.1 Å². The van der Waals surface area contributed by atoms with Gasteiger partial charge in [-0.2, -0.15) is 0 Å². The molecule has 0 radical (unpaired) electrons. The maximum absolute atomic E-state index is 12.5. The van der Waals surface area contributed by atoms with Crippen molar-refractivity contribution < 1.29 is 9.59 Å². The van der Waals surface area contributed by atoms with Gasteiger partial charge in [-0.3, -0.25) is 9.59 Å². The summed E-state index contributed by atoms with van der Waals surface area (Å²) in [6.45, 7) is 5.64. The lowest BCUT2D eigenvalue weighted by Gasteiger charge is -2.22. The molecule has 0 fully saturated rings. The summed E-state index contributed by atoms with van der Waals surface area (Å²) in [5, 5.41) is 6.16. The van der Waals surface area contributed by atoms with Crippen molar-refractivity contribution in [3.05, 3.63) is 64.7 Å². The van der Waals surface area contributed by atoms with Crippen LogP contribution in [-0.4, -0.2) is 17.9 Å². The quantitative estimate of drug-likeness (QED) is 0.860. The number of anilines is 1. The molecule has 5 heteroatoms. The first kappa shape index (κ1) is 18.0. The minimum Gasteiger partial charge on any atom is -0.340 e. The van der Waals surface area contributed by atoms with E-state index >= 15 is 0 Å². The van der Waals surface area contributed by atoms with E-state index < -0.39 is 6.04 Å². The second-order valence-electron chi connectivity index (χ2n) is 6.01. The fourth-order valence-corrected chi connectivity index (χ4v) is 2.56. The largest absolute Gasteiger partial charge is 0.340 e. The molecule has 0 heterocycles. The molecule has 4 nitrogen and oxygen atoms in total. The molecule has 0 saturated heterocycles. The van der Waals surface area contributed by atoms with Gasteiger partial charge in [-0.1, -0.05) is 49.7 Å². The molecule has 0 aliphatic heterocycles. The number of halogens is 1. The Bertz CT molecular complexity index is 744. The third-order valence-electron chi connectivity index (χ3n) is 3.72. The maximum Gasteiger partial charge on any atom is 0.252 e. The highest BCUT2D eigenvalue weighted by Crippen LogP contribution is 2.16. The fraction of sp³-hybridized carbons (Fsp3) is 0.263. The highest BCUT2D eigenvalue weighted by molar-refractivity contribution is 6.30.